The van der Waals surface area contributed by atoms with Crippen molar-refractivity contribution in [3.05, 3.63) is 164 Å². The van der Waals surface area contributed by atoms with E-state index in [1.165, 1.54) is 49.0 Å². The van der Waals surface area contributed by atoms with Crippen molar-refractivity contribution in [2.45, 2.75) is 0 Å². The topological polar surface area (TPSA) is 30.2 Å². The molecule has 3 aromatic heterocycles. The average molecular weight is 622 g/mol. The van der Waals surface area contributed by atoms with Crippen LogP contribution in [0, 0.1) is 0 Å². The van der Waals surface area contributed by atoms with Crippen LogP contribution in [0.4, 0.5) is 0 Å². The highest BCUT2D eigenvalue weighted by atomic mass is 15.0. The van der Waals surface area contributed by atoms with Crippen molar-refractivity contribution < 1.29 is 0 Å². The number of hydrogen-bond acceptors (Lipinski definition) is 2. The van der Waals surface area contributed by atoms with Crippen LogP contribution in [0.15, 0.2) is 164 Å². The van der Waals surface area contributed by atoms with Gasteiger partial charge in [-0.15, -0.1) is 0 Å². The summed E-state index contributed by atoms with van der Waals surface area (Å²) in [6, 6.07) is 57.0. The smallest absolute Gasteiger partial charge is 0.146 e. The Morgan fingerprint density at radius 1 is 0.408 bits per heavy atom. The van der Waals surface area contributed by atoms with Gasteiger partial charge >= 0.3 is 0 Å². The minimum Gasteiger partial charge on any atom is -0.292 e. The molecule has 0 aliphatic rings. The number of aromatic nitrogens is 3. The third kappa shape index (κ3) is 3.73. The quantitative estimate of drug-likeness (QED) is 0.180. The lowest BCUT2D eigenvalue weighted by Gasteiger charge is -2.16. The van der Waals surface area contributed by atoms with Gasteiger partial charge in [-0.2, -0.15) is 0 Å². The lowest BCUT2D eigenvalue weighted by molar-refractivity contribution is 1.31. The van der Waals surface area contributed by atoms with Crippen molar-refractivity contribution in [2.75, 3.05) is 0 Å². The van der Waals surface area contributed by atoms with Gasteiger partial charge in [0.15, 0.2) is 0 Å². The van der Waals surface area contributed by atoms with Crippen LogP contribution in [0.3, 0.4) is 0 Å². The molecule has 0 N–H and O–H groups in total. The summed E-state index contributed by atoms with van der Waals surface area (Å²) in [5.74, 6) is 0. The van der Waals surface area contributed by atoms with Gasteiger partial charge in [-0.1, -0.05) is 127 Å². The van der Waals surface area contributed by atoms with Crippen molar-refractivity contribution in [1.29, 1.82) is 0 Å². The Morgan fingerprint density at radius 2 is 1.18 bits per heavy atom. The molecule has 11 rings (SSSR count). The van der Waals surface area contributed by atoms with Gasteiger partial charge in [0.25, 0.3) is 0 Å². The Morgan fingerprint density at radius 3 is 2.14 bits per heavy atom. The van der Waals surface area contributed by atoms with Crippen molar-refractivity contribution in [2.24, 2.45) is 0 Å². The van der Waals surface area contributed by atoms with E-state index in [2.05, 4.69) is 156 Å². The first-order valence-corrected chi connectivity index (χ1v) is 16.8. The molecule has 226 valence electrons. The Hall–Kier alpha value is -6.58. The van der Waals surface area contributed by atoms with Crippen LogP contribution in [-0.2, 0) is 0 Å². The molecule has 49 heavy (non-hydrogen) atoms. The molecule has 0 saturated carbocycles. The van der Waals surface area contributed by atoms with Crippen molar-refractivity contribution in [3.8, 4) is 22.3 Å². The molecule has 3 heterocycles. The Labute approximate surface area is 281 Å². The van der Waals surface area contributed by atoms with Crippen LogP contribution < -0.4 is 0 Å². The molecule has 0 spiro atoms. The van der Waals surface area contributed by atoms with Gasteiger partial charge in [-0.05, 0) is 84.9 Å². The van der Waals surface area contributed by atoms with E-state index >= 15 is 0 Å². The molecular formula is C46H27N3. The zero-order valence-electron chi connectivity index (χ0n) is 26.4. The predicted octanol–water partition coefficient (Wildman–Crippen LogP) is 12.1. The number of imidazole rings is 1. The second kappa shape index (κ2) is 9.96. The maximum absolute atomic E-state index is 5.29. The van der Waals surface area contributed by atoms with Crippen LogP contribution >= 0.6 is 0 Å². The Bertz CT molecular complexity index is 3160. The summed E-state index contributed by atoms with van der Waals surface area (Å²) >= 11 is 0. The molecule has 0 saturated heterocycles. The molecule has 3 nitrogen and oxygen atoms in total. The van der Waals surface area contributed by atoms with Gasteiger partial charge in [0.05, 0.1) is 22.1 Å². The fraction of sp³-hybridized carbons (Fsp3) is 0. The minimum absolute atomic E-state index is 0.945. The van der Waals surface area contributed by atoms with Crippen LogP contribution in [0.1, 0.15) is 0 Å². The van der Waals surface area contributed by atoms with E-state index < -0.39 is 0 Å². The van der Waals surface area contributed by atoms with E-state index in [0.717, 1.165) is 54.8 Å². The summed E-state index contributed by atoms with van der Waals surface area (Å²) in [7, 11) is 0. The number of fused-ring (bicyclic) bond motifs is 15. The van der Waals surface area contributed by atoms with Gasteiger partial charge in [-0.3, -0.25) is 9.38 Å². The Balaban J connectivity index is 1.28. The molecule has 0 aliphatic heterocycles. The maximum atomic E-state index is 5.29. The van der Waals surface area contributed by atoms with E-state index in [9.17, 15) is 0 Å². The van der Waals surface area contributed by atoms with E-state index in [-0.39, 0.29) is 0 Å². The minimum atomic E-state index is 0.945. The number of rotatable bonds is 2. The molecule has 0 radical (unpaired) electrons. The maximum Gasteiger partial charge on any atom is 0.146 e. The number of pyridine rings is 2. The van der Waals surface area contributed by atoms with Gasteiger partial charge in [0, 0.05) is 27.7 Å². The first kappa shape index (κ1) is 26.5. The normalized spacial score (nSPS) is 12.1. The third-order valence-electron chi connectivity index (χ3n) is 10.4. The van der Waals surface area contributed by atoms with Crippen LogP contribution in [0.2, 0.25) is 0 Å². The van der Waals surface area contributed by atoms with E-state index in [1.807, 2.05) is 12.3 Å². The zero-order valence-corrected chi connectivity index (χ0v) is 26.4. The summed E-state index contributed by atoms with van der Waals surface area (Å²) in [4.78, 5) is 10.3. The number of nitrogens with zero attached hydrogens (tertiary/aromatic N) is 3. The number of para-hydroxylation sites is 2. The third-order valence-corrected chi connectivity index (χ3v) is 10.4. The fourth-order valence-electron chi connectivity index (χ4n) is 8.21. The van der Waals surface area contributed by atoms with Crippen LogP contribution in [-0.4, -0.2) is 14.4 Å². The predicted molar refractivity (Wildman–Crippen MR) is 206 cm³/mol. The number of benzene rings is 8. The molecule has 0 atom stereocenters. The lowest BCUT2D eigenvalue weighted by atomic mass is 9.91. The number of hydrogen-bond donors (Lipinski definition) is 0. The van der Waals surface area contributed by atoms with Crippen LogP contribution in [0.25, 0.3) is 104 Å². The second-order valence-corrected chi connectivity index (χ2v) is 13.0. The van der Waals surface area contributed by atoms with E-state index in [1.54, 1.807) is 0 Å². The zero-order chi connectivity index (χ0) is 32.1. The van der Waals surface area contributed by atoms with Gasteiger partial charge in [0.2, 0.25) is 0 Å². The molecule has 3 heteroatoms. The summed E-state index contributed by atoms with van der Waals surface area (Å²) in [6.45, 7) is 0. The first-order valence-electron chi connectivity index (χ1n) is 16.8. The largest absolute Gasteiger partial charge is 0.292 e. The molecule has 11 aromatic rings. The SMILES string of the molecule is c1ccc(-c2cc3c(c4ccc(-c5cccc6c5ccc5ccc7ccccc7c56)cc4n4c5ccccc5nc34)c3ncccc23)cc1. The summed E-state index contributed by atoms with van der Waals surface area (Å²) in [6.07, 6.45) is 1.91. The van der Waals surface area contributed by atoms with E-state index in [4.69, 9.17) is 9.97 Å². The molecule has 0 bridgehead atoms. The molecule has 0 fully saturated rings. The fourth-order valence-corrected chi connectivity index (χ4v) is 8.21. The molecule has 0 unspecified atom stereocenters. The second-order valence-electron chi connectivity index (χ2n) is 13.0. The highest BCUT2D eigenvalue weighted by Gasteiger charge is 2.20. The molecule has 0 amide bonds. The van der Waals surface area contributed by atoms with Crippen molar-refractivity contribution >= 4 is 81.6 Å². The summed E-state index contributed by atoms with van der Waals surface area (Å²) in [5, 5.41) is 12.2. The highest BCUT2D eigenvalue weighted by Crippen LogP contribution is 2.42. The molecular weight excluding hydrogens is 595 g/mol. The first-order chi connectivity index (χ1) is 24.3. The van der Waals surface area contributed by atoms with Gasteiger partial charge < -0.3 is 0 Å². The lowest BCUT2D eigenvalue weighted by Crippen LogP contribution is -1.95. The summed E-state index contributed by atoms with van der Waals surface area (Å²) in [5.41, 5.74) is 9.86. The molecule has 0 aliphatic carbocycles. The standard InChI is InChI=1S/C46H27N3/c1-2-10-28(11-3-1)38-27-39-44(45-36(38)16-9-25-47-45)37-24-22-31(26-42(37)49-41-18-7-6-17-40(41)48-46(39)49)32-14-8-15-35-34(32)23-21-30-20-19-29-12-4-5-13-33(29)43(30)35/h1-27H. The average Bonchev–Trinajstić information content (AvgIpc) is 3.57. The summed E-state index contributed by atoms with van der Waals surface area (Å²) < 4.78 is 2.36. The van der Waals surface area contributed by atoms with Gasteiger partial charge in [0.1, 0.15) is 5.65 Å². The molecule has 8 aromatic carbocycles. The van der Waals surface area contributed by atoms with E-state index in [0.29, 0.717) is 0 Å². The van der Waals surface area contributed by atoms with Crippen LogP contribution in [0.5, 0.6) is 0 Å². The highest BCUT2D eigenvalue weighted by molar-refractivity contribution is 6.26. The monoisotopic (exact) mass is 621 g/mol. The van der Waals surface area contributed by atoms with Crippen molar-refractivity contribution in [1.82, 2.24) is 14.4 Å². The van der Waals surface area contributed by atoms with Gasteiger partial charge in [-0.25, -0.2) is 4.98 Å². The Kier molecular flexibility index (Phi) is 5.38. The van der Waals surface area contributed by atoms with Crippen molar-refractivity contribution in [3.63, 3.8) is 0 Å².